The van der Waals surface area contributed by atoms with Gasteiger partial charge >= 0.3 is 6.09 Å². The van der Waals surface area contributed by atoms with Gasteiger partial charge < -0.3 is 19.9 Å². The number of aromatic amines is 1. The highest BCUT2D eigenvalue weighted by molar-refractivity contribution is 5.68. The van der Waals surface area contributed by atoms with E-state index < -0.39 is 5.60 Å². The normalized spacial score (nSPS) is 17.2. The Labute approximate surface area is 119 Å². The van der Waals surface area contributed by atoms with Crippen LogP contribution in [0.2, 0.25) is 0 Å². The smallest absolute Gasteiger partial charge is 0.410 e. The fourth-order valence-corrected chi connectivity index (χ4v) is 2.23. The monoisotopic (exact) mass is 280 g/mol. The number of H-pyrrole nitrogens is 1. The number of carbonyl (C=O) groups excluding carboxylic acids is 1. The van der Waals surface area contributed by atoms with E-state index in [9.17, 15) is 4.79 Å². The fourth-order valence-electron chi connectivity index (χ4n) is 2.23. The predicted octanol–water partition coefficient (Wildman–Crippen LogP) is 1.90. The largest absolute Gasteiger partial charge is 0.444 e. The van der Waals surface area contributed by atoms with Gasteiger partial charge in [-0.3, -0.25) is 0 Å². The molecule has 2 heterocycles. The summed E-state index contributed by atoms with van der Waals surface area (Å²) in [6, 6.07) is 0.429. The van der Waals surface area contributed by atoms with Crippen molar-refractivity contribution < 1.29 is 9.53 Å². The van der Waals surface area contributed by atoms with Gasteiger partial charge in [-0.2, -0.15) is 0 Å². The summed E-state index contributed by atoms with van der Waals surface area (Å²) in [6.45, 7) is 7.90. The quantitative estimate of drug-likeness (QED) is 0.887. The minimum Gasteiger partial charge on any atom is -0.444 e. The van der Waals surface area contributed by atoms with Crippen molar-refractivity contribution in [3.05, 3.63) is 18.2 Å². The highest BCUT2D eigenvalue weighted by Gasteiger charge is 2.26. The van der Waals surface area contributed by atoms with E-state index in [0.717, 1.165) is 38.3 Å². The van der Waals surface area contributed by atoms with Crippen LogP contribution in [0, 0.1) is 0 Å². The molecule has 0 aliphatic carbocycles. The summed E-state index contributed by atoms with van der Waals surface area (Å²) < 4.78 is 5.38. The maximum absolute atomic E-state index is 11.9. The molecule has 112 valence electrons. The maximum atomic E-state index is 11.9. The molecule has 0 radical (unpaired) electrons. The third-order valence-corrected chi connectivity index (χ3v) is 3.26. The molecule has 0 bridgehead atoms. The van der Waals surface area contributed by atoms with Crippen LogP contribution in [-0.4, -0.2) is 45.7 Å². The van der Waals surface area contributed by atoms with E-state index in [4.69, 9.17) is 4.74 Å². The van der Waals surface area contributed by atoms with Crippen LogP contribution in [0.5, 0.6) is 0 Å². The second kappa shape index (κ2) is 6.26. The highest BCUT2D eigenvalue weighted by Crippen LogP contribution is 2.15. The van der Waals surface area contributed by atoms with Crippen molar-refractivity contribution in [2.75, 3.05) is 13.1 Å². The lowest BCUT2D eigenvalue weighted by Crippen LogP contribution is -2.46. The molecule has 1 aliphatic rings. The number of imidazole rings is 1. The van der Waals surface area contributed by atoms with E-state index in [1.807, 2.05) is 27.0 Å². The second-order valence-electron chi connectivity index (χ2n) is 6.16. The van der Waals surface area contributed by atoms with Crippen LogP contribution in [0.25, 0.3) is 0 Å². The minimum atomic E-state index is -0.425. The van der Waals surface area contributed by atoms with Gasteiger partial charge in [-0.1, -0.05) is 0 Å². The summed E-state index contributed by atoms with van der Waals surface area (Å²) >= 11 is 0. The molecule has 0 unspecified atom stereocenters. The van der Waals surface area contributed by atoms with Crippen LogP contribution >= 0.6 is 0 Å². The van der Waals surface area contributed by atoms with Crippen molar-refractivity contribution in [1.82, 2.24) is 20.2 Å². The number of amides is 1. The number of ether oxygens (including phenoxy) is 1. The molecule has 6 nitrogen and oxygen atoms in total. The molecule has 1 amide bonds. The predicted molar refractivity (Wildman–Crippen MR) is 76.3 cm³/mol. The molecular weight excluding hydrogens is 256 g/mol. The molecule has 0 aromatic carbocycles. The molecular formula is C14H24N4O2. The molecule has 1 aliphatic heterocycles. The molecule has 2 rings (SSSR count). The first-order chi connectivity index (χ1) is 9.44. The first kappa shape index (κ1) is 14.8. The third kappa shape index (κ3) is 4.52. The number of carbonyl (C=O) groups is 1. The van der Waals surface area contributed by atoms with Crippen LogP contribution in [0.1, 0.15) is 39.4 Å². The summed E-state index contributed by atoms with van der Waals surface area (Å²) in [5.74, 6) is 0.944. The molecule has 0 spiro atoms. The van der Waals surface area contributed by atoms with Gasteiger partial charge in [-0.05, 0) is 33.6 Å². The molecule has 0 atom stereocenters. The molecule has 0 saturated carbocycles. The van der Waals surface area contributed by atoms with Gasteiger partial charge in [0.25, 0.3) is 0 Å². The zero-order valence-corrected chi connectivity index (χ0v) is 12.5. The van der Waals surface area contributed by atoms with Crippen LogP contribution < -0.4 is 5.32 Å². The number of nitrogens with zero attached hydrogens (tertiary/aromatic N) is 2. The summed E-state index contributed by atoms with van der Waals surface area (Å²) in [7, 11) is 0. The number of piperidine rings is 1. The highest BCUT2D eigenvalue weighted by atomic mass is 16.6. The van der Waals surface area contributed by atoms with Crippen LogP contribution in [-0.2, 0) is 11.3 Å². The Kier molecular flexibility index (Phi) is 4.65. The van der Waals surface area contributed by atoms with Crippen LogP contribution in [0.4, 0.5) is 4.79 Å². The second-order valence-corrected chi connectivity index (χ2v) is 6.16. The molecule has 6 heteroatoms. The standard InChI is InChI=1S/C14H24N4O2/c1-14(2,3)20-13(19)18-8-4-11(5-9-18)17-10-12-15-6-7-16-12/h6-7,11,17H,4-5,8-10H2,1-3H3,(H,15,16). The lowest BCUT2D eigenvalue weighted by molar-refractivity contribution is 0.0198. The van der Waals surface area contributed by atoms with Gasteiger partial charge in [-0.15, -0.1) is 0 Å². The number of nitrogens with one attached hydrogen (secondary N) is 2. The van der Waals surface area contributed by atoms with Crippen LogP contribution in [0.15, 0.2) is 12.4 Å². The summed E-state index contributed by atoms with van der Waals surface area (Å²) in [4.78, 5) is 21.0. The molecule has 1 saturated heterocycles. The summed E-state index contributed by atoms with van der Waals surface area (Å²) in [6.07, 6.45) is 5.26. The van der Waals surface area contributed by atoms with Gasteiger partial charge in [0.1, 0.15) is 11.4 Å². The van der Waals surface area contributed by atoms with Gasteiger partial charge in [0, 0.05) is 31.5 Å². The topological polar surface area (TPSA) is 70.2 Å². The van der Waals surface area contributed by atoms with Crippen molar-refractivity contribution >= 4 is 6.09 Å². The van der Waals surface area contributed by atoms with Crippen LogP contribution in [0.3, 0.4) is 0 Å². The SMILES string of the molecule is CC(C)(C)OC(=O)N1CCC(NCc2ncc[nH]2)CC1. The Morgan fingerprint density at radius 1 is 1.50 bits per heavy atom. The number of hydrogen-bond acceptors (Lipinski definition) is 4. The van der Waals surface area contributed by atoms with E-state index in [1.165, 1.54) is 0 Å². The molecule has 1 aromatic rings. The van der Waals surface area contributed by atoms with Gasteiger partial charge in [0.05, 0.1) is 6.54 Å². The average Bonchev–Trinajstić information content (AvgIpc) is 2.88. The van der Waals surface area contributed by atoms with E-state index in [2.05, 4.69) is 15.3 Å². The molecule has 20 heavy (non-hydrogen) atoms. The van der Waals surface area contributed by atoms with Crippen molar-refractivity contribution in [2.45, 2.75) is 51.8 Å². The molecule has 2 N–H and O–H groups in total. The zero-order valence-electron chi connectivity index (χ0n) is 12.5. The Balaban J connectivity index is 1.71. The van der Waals surface area contributed by atoms with Gasteiger partial charge in [0.15, 0.2) is 0 Å². The van der Waals surface area contributed by atoms with E-state index >= 15 is 0 Å². The Morgan fingerprint density at radius 2 is 2.20 bits per heavy atom. The molecule has 1 aromatic heterocycles. The lowest BCUT2D eigenvalue weighted by atomic mass is 10.1. The maximum Gasteiger partial charge on any atom is 0.410 e. The third-order valence-electron chi connectivity index (χ3n) is 3.26. The van der Waals surface area contributed by atoms with E-state index in [-0.39, 0.29) is 6.09 Å². The lowest BCUT2D eigenvalue weighted by Gasteiger charge is -2.33. The Bertz CT molecular complexity index is 417. The Morgan fingerprint density at radius 3 is 2.75 bits per heavy atom. The fraction of sp³-hybridized carbons (Fsp3) is 0.714. The van der Waals surface area contributed by atoms with E-state index in [1.54, 1.807) is 11.1 Å². The zero-order chi connectivity index (χ0) is 14.6. The number of likely N-dealkylation sites (tertiary alicyclic amines) is 1. The van der Waals surface area contributed by atoms with Crippen molar-refractivity contribution in [3.8, 4) is 0 Å². The van der Waals surface area contributed by atoms with Crippen molar-refractivity contribution in [1.29, 1.82) is 0 Å². The number of aromatic nitrogens is 2. The number of rotatable bonds is 3. The Hall–Kier alpha value is -1.56. The van der Waals surface area contributed by atoms with Crippen molar-refractivity contribution in [2.24, 2.45) is 0 Å². The number of hydrogen-bond donors (Lipinski definition) is 2. The van der Waals surface area contributed by atoms with Gasteiger partial charge in [0.2, 0.25) is 0 Å². The van der Waals surface area contributed by atoms with Gasteiger partial charge in [-0.25, -0.2) is 9.78 Å². The average molecular weight is 280 g/mol. The summed E-state index contributed by atoms with van der Waals surface area (Å²) in [5, 5.41) is 3.46. The van der Waals surface area contributed by atoms with Crippen molar-refractivity contribution in [3.63, 3.8) is 0 Å². The summed E-state index contributed by atoms with van der Waals surface area (Å²) in [5.41, 5.74) is -0.425. The first-order valence-electron chi connectivity index (χ1n) is 7.13. The first-order valence-corrected chi connectivity index (χ1v) is 7.13. The minimum absolute atomic E-state index is 0.206. The molecule has 1 fully saturated rings. The van der Waals surface area contributed by atoms with E-state index in [0.29, 0.717) is 6.04 Å².